The smallest absolute Gasteiger partial charge is 0.489 e. The van der Waals surface area contributed by atoms with Crippen molar-refractivity contribution in [3.05, 3.63) is 22.7 Å². The van der Waals surface area contributed by atoms with Crippen LogP contribution in [0.2, 0.25) is 0 Å². The topological polar surface area (TPSA) is 18.5 Å². The van der Waals surface area contributed by atoms with Gasteiger partial charge in [0.1, 0.15) is 11.5 Å². The maximum atomic E-state index is 11.9. The third-order valence-electron chi connectivity index (χ3n) is 1.95. The van der Waals surface area contributed by atoms with Crippen molar-refractivity contribution in [3.63, 3.8) is 0 Å². The lowest BCUT2D eigenvalue weighted by Crippen LogP contribution is -2.17. The Balaban J connectivity index is 2.08. The standard InChI is InChI=1S/C10H8BrF3O2/c11-8-5-7(16-10(12,13)14)3-4-9(8)15-6-1-2-6/h3-6H,1-2H2. The van der Waals surface area contributed by atoms with Crippen LogP contribution in [0.4, 0.5) is 13.2 Å². The first-order valence-corrected chi connectivity index (χ1v) is 5.45. The minimum absolute atomic E-state index is 0.200. The lowest BCUT2D eigenvalue weighted by molar-refractivity contribution is -0.274. The summed E-state index contributed by atoms with van der Waals surface area (Å²) in [7, 11) is 0. The van der Waals surface area contributed by atoms with E-state index in [0.717, 1.165) is 12.8 Å². The third kappa shape index (κ3) is 3.30. The van der Waals surface area contributed by atoms with Crippen LogP contribution in [0.3, 0.4) is 0 Å². The molecule has 0 amide bonds. The summed E-state index contributed by atoms with van der Waals surface area (Å²) < 4.78 is 45.5. The van der Waals surface area contributed by atoms with Gasteiger partial charge in [0.2, 0.25) is 0 Å². The van der Waals surface area contributed by atoms with Gasteiger partial charge in [-0.25, -0.2) is 0 Å². The van der Waals surface area contributed by atoms with E-state index >= 15 is 0 Å². The van der Waals surface area contributed by atoms with Crippen molar-refractivity contribution in [1.29, 1.82) is 0 Å². The second kappa shape index (κ2) is 4.16. The molecule has 0 spiro atoms. The molecule has 0 N–H and O–H groups in total. The molecule has 16 heavy (non-hydrogen) atoms. The molecule has 88 valence electrons. The van der Waals surface area contributed by atoms with Crippen LogP contribution in [0.1, 0.15) is 12.8 Å². The van der Waals surface area contributed by atoms with Gasteiger partial charge in [-0.15, -0.1) is 13.2 Å². The lowest BCUT2D eigenvalue weighted by Gasteiger charge is -2.11. The van der Waals surface area contributed by atoms with Gasteiger partial charge < -0.3 is 9.47 Å². The van der Waals surface area contributed by atoms with Gasteiger partial charge in [-0.2, -0.15) is 0 Å². The molecule has 0 unspecified atom stereocenters. The maximum Gasteiger partial charge on any atom is 0.573 e. The minimum atomic E-state index is -4.67. The zero-order valence-corrected chi connectivity index (χ0v) is 9.64. The molecule has 0 aliphatic heterocycles. The molecule has 0 heterocycles. The monoisotopic (exact) mass is 296 g/mol. The summed E-state index contributed by atoms with van der Waals surface area (Å²) in [6.45, 7) is 0. The number of ether oxygens (including phenoxy) is 2. The van der Waals surface area contributed by atoms with Crippen LogP contribution >= 0.6 is 15.9 Å². The molecule has 1 fully saturated rings. The van der Waals surface area contributed by atoms with Crippen molar-refractivity contribution in [2.24, 2.45) is 0 Å². The molecule has 1 aromatic rings. The summed E-state index contributed by atoms with van der Waals surface area (Å²) in [5.41, 5.74) is 0. The summed E-state index contributed by atoms with van der Waals surface area (Å²) >= 11 is 3.14. The van der Waals surface area contributed by atoms with Crippen LogP contribution in [0.5, 0.6) is 11.5 Å². The van der Waals surface area contributed by atoms with Crippen LogP contribution in [0, 0.1) is 0 Å². The van der Waals surface area contributed by atoms with Crippen LogP contribution in [-0.2, 0) is 0 Å². The van der Waals surface area contributed by atoms with Gasteiger partial charge in [0.05, 0.1) is 10.6 Å². The van der Waals surface area contributed by atoms with Crippen LogP contribution in [0.15, 0.2) is 22.7 Å². The van der Waals surface area contributed by atoms with E-state index in [1.807, 2.05) is 0 Å². The van der Waals surface area contributed by atoms with E-state index in [4.69, 9.17) is 4.74 Å². The SMILES string of the molecule is FC(F)(F)Oc1ccc(OC2CC2)c(Br)c1. The van der Waals surface area contributed by atoms with Crippen LogP contribution in [0.25, 0.3) is 0 Å². The van der Waals surface area contributed by atoms with Gasteiger partial charge in [-0.3, -0.25) is 0 Å². The molecule has 6 heteroatoms. The first-order valence-electron chi connectivity index (χ1n) is 4.66. The normalized spacial score (nSPS) is 16.0. The second-order valence-electron chi connectivity index (χ2n) is 3.46. The summed E-state index contributed by atoms with van der Waals surface area (Å²) in [6, 6.07) is 3.94. The first kappa shape index (κ1) is 11.6. The number of halogens is 4. The second-order valence-corrected chi connectivity index (χ2v) is 4.31. The highest BCUT2D eigenvalue weighted by molar-refractivity contribution is 9.10. The summed E-state index contributed by atoms with van der Waals surface area (Å²) in [6.07, 6.45) is -2.48. The Kier molecular flexibility index (Phi) is 3.01. The quantitative estimate of drug-likeness (QED) is 0.842. The molecule has 1 aliphatic rings. The van der Waals surface area contributed by atoms with E-state index in [-0.39, 0.29) is 11.9 Å². The molecule has 2 rings (SSSR count). The van der Waals surface area contributed by atoms with Crippen molar-refractivity contribution in [2.45, 2.75) is 25.3 Å². The molecule has 0 atom stereocenters. The molecule has 1 saturated carbocycles. The predicted molar refractivity (Wildman–Crippen MR) is 54.5 cm³/mol. The number of benzene rings is 1. The highest BCUT2D eigenvalue weighted by Gasteiger charge is 2.31. The van der Waals surface area contributed by atoms with E-state index in [1.54, 1.807) is 0 Å². The molecule has 0 saturated heterocycles. The fourth-order valence-corrected chi connectivity index (χ4v) is 1.59. The van der Waals surface area contributed by atoms with Crippen molar-refractivity contribution in [1.82, 2.24) is 0 Å². The van der Waals surface area contributed by atoms with Crippen molar-refractivity contribution in [3.8, 4) is 11.5 Å². The summed E-state index contributed by atoms with van der Waals surface area (Å²) in [4.78, 5) is 0. The Morgan fingerprint density at radius 3 is 2.44 bits per heavy atom. The Bertz CT molecular complexity index is 388. The van der Waals surface area contributed by atoms with E-state index in [0.29, 0.717) is 10.2 Å². The third-order valence-corrected chi connectivity index (χ3v) is 2.57. The molecule has 0 bridgehead atoms. The van der Waals surface area contributed by atoms with Gasteiger partial charge in [0.25, 0.3) is 0 Å². The van der Waals surface area contributed by atoms with Gasteiger partial charge in [-0.1, -0.05) is 0 Å². The Morgan fingerprint density at radius 1 is 1.25 bits per heavy atom. The molecular weight excluding hydrogens is 289 g/mol. The highest BCUT2D eigenvalue weighted by Crippen LogP contribution is 2.35. The van der Waals surface area contributed by atoms with E-state index in [9.17, 15) is 13.2 Å². The van der Waals surface area contributed by atoms with Crippen molar-refractivity contribution >= 4 is 15.9 Å². The van der Waals surface area contributed by atoms with Gasteiger partial charge in [0, 0.05) is 0 Å². The lowest BCUT2D eigenvalue weighted by atomic mass is 10.3. The van der Waals surface area contributed by atoms with Crippen molar-refractivity contribution in [2.75, 3.05) is 0 Å². The maximum absolute atomic E-state index is 11.9. The van der Waals surface area contributed by atoms with Gasteiger partial charge in [-0.05, 0) is 47.0 Å². The Labute approximate surface area is 98.5 Å². The van der Waals surface area contributed by atoms with E-state index in [2.05, 4.69) is 20.7 Å². The predicted octanol–water partition coefficient (Wildman–Crippen LogP) is 3.89. The number of alkyl halides is 3. The largest absolute Gasteiger partial charge is 0.573 e. The molecule has 1 aliphatic carbocycles. The van der Waals surface area contributed by atoms with Crippen LogP contribution < -0.4 is 9.47 Å². The van der Waals surface area contributed by atoms with Gasteiger partial charge >= 0.3 is 6.36 Å². The fraction of sp³-hybridized carbons (Fsp3) is 0.400. The average Bonchev–Trinajstić information content (AvgIpc) is 2.90. The van der Waals surface area contributed by atoms with E-state index in [1.165, 1.54) is 18.2 Å². The first-order chi connectivity index (χ1) is 7.44. The zero-order valence-electron chi connectivity index (χ0n) is 8.05. The summed E-state index contributed by atoms with van der Waals surface area (Å²) in [5, 5.41) is 0. The molecule has 1 aromatic carbocycles. The van der Waals surface area contributed by atoms with Crippen LogP contribution in [-0.4, -0.2) is 12.5 Å². The number of hydrogen-bond acceptors (Lipinski definition) is 2. The Morgan fingerprint density at radius 2 is 1.94 bits per heavy atom. The number of hydrogen-bond donors (Lipinski definition) is 0. The fourth-order valence-electron chi connectivity index (χ4n) is 1.14. The van der Waals surface area contributed by atoms with E-state index < -0.39 is 6.36 Å². The molecule has 2 nitrogen and oxygen atoms in total. The molecule has 0 radical (unpaired) electrons. The van der Waals surface area contributed by atoms with Crippen molar-refractivity contribution < 1.29 is 22.6 Å². The zero-order chi connectivity index (χ0) is 11.8. The summed E-state index contributed by atoms with van der Waals surface area (Å²) in [5.74, 6) is 0.277. The Hall–Kier alpha value is -0.910. The average molecular weight is 297 g/mol. The van der Waals surface area contributed by atoms with Gasteiger partial charge in [0.15, 0.2) is 0 Å². The molecule has 0 aromatic heterocycles. The molecular formula is C10H8BrF3O2. The minimum Gasteiger partial charge on any atom is -0.489 e. The number of rotatable bonds is 3. The highest BCUT2D eigenvalue weighted by atomic mass is 79.9.